The average molecular weight is 1420 g/mol. The topological polar surface area (TPSA) is 237 Å². The molecule has 0 fully saturated rings. The molecule has 0 amide bonds. The summed E-state index contributed by atoms with van der Waals surface area (Å²) in [6.45, 7) is 11.9. The van der Waals surface area contributed by atoms with Crippen LogP contribution in [0.5, 0.6) is 0 Å². The number of phosphoric acid groups is 2. The monoisotopic (exact) mass is 1420 g/mol. The third-order valence-electron chi connectivity index (χ3n) is 18.5. The van der Waals surface area contributed by atoms with Crippen molar-refractivity contribution in [3.63, 3.8) is 0 Å². The second-order valence-corrected chi connectivity index (χ2v) is 32.2. The number of ether oxygens (including phenoxy) is 4. The minimum atomic E-state index is -4.96. The van der Waals surface area contributed by atoms with Crippen LogP contribution >= 0.6 is 15.6 Å². The van der Waals surface area contributed by atoms with Gasteiger partial charge in [-0.15, -0.1) is 0 Å². The van der Waals surface area contributed by atoms with Crippen molar-refractivity contribution in [1.29, 1.82) is 0 Å². The standard InChI is InChI=1S/C78H152O17P2/c1-8-10-11-12-13-14-15-16-17-18-19-20-25-31-40-47-54-61-77(82)94-73(65-88-75(80)59-52-45-38-30-24-22-21-23-28-35-42-49-56-69(3)4)67-92-96(84,85)90-63-72(79)64-91-97(86,87)93-68-74(66-89-76(81)60-53-46-39-34-33-36-43-50-57-70(5)6)95-78(83)62-55-48-41-32-27-26-29-37-44-51-58-71(7)9-2/h69-74,79H,8-68H2,1-7H3,(H,84,85)(H,86,87)/t71?,72-,73-,74-/m1/s1. The van der Waals surface area contributed by atoms with E-state index in [9.17, 15) is 43.2 Å². The Morgan fingerprint density at radius 3 is 0.784 bits per heavy atom. The van der Waals surface area contributed by atoms with Crippen LogP contribution in [0.25, 0.3) is 0 Å². The number of carbonyl (C=O) groups is 4. The van der Waals surface area contributed by atoms with Crippen LogP contribution in [0.4, 0.5) is 0 Å². The first kappa shape index (κ1) is 95.1. The molecule has 0 aliphatic heterocycles. The maximum atomic E-state index is 13.1. The van der Waals surface area contributed by atoms with E-state index in [1.807, 2.05) is 0 Å². The summed E-state index contributed by atoms with van der Waals surface area (Å²) >= 11 is 0. The van der Waals surface area contributed by atoms with Gasteiger partial charge in [0.1, 0.15) is 19.3 Å². The van der Waals surface area contributed by atoms with Crippen LogP contribution in [0, 0.1) is 17.8 Å². The molecular formula is C78H152O17P2. The third-order valence-corrected chi connectivity index (χ3v) is 20.4. The van der Waals surface area contributed by atoms with Gasteiger partial charge < -0.3 is 33.8 Å². The van der Waals surface area contributed by atoms with Crippen LogP contribution in [-0.2, 0) is 65.4 Å². The fourth-order valence-corrected chi connectivity index (χ4v) is 13.5. The molecule has 0 aromatic carbocycles. The SMILES string of the molecule is CCCCCCCCCCCCCCCCCCCC(=O)O[C@H](COC(=O)CCCCCCCCCCCCCCC(C)C)COP(=O)(O)OC[C@@H](O)COP(=O)(O)OC[C@@H](COC(=O)CCCCCCCCCCC(C)C)OC(=O)CCCCCCCCCCCCC(C)CC. The van der Waals surface area contributed by atoms with Crippen molar-refractivity contribution in [3.05, 3.63) is 0 Å². The van der Waals surface area contributed by atoms with Crippen LogP contribution in [0.3, 0.4) is 0 Å². The van der Waals surface area contributed by atoms with Gasteiger partial charge in [-0.1, -0.05) is 350 Å². The van der Waals surface area contributed by atoms with Crippen LogP contribution in [0.15, 0.2) is 0 Å². The molecule has 3 N–H and O–H groups in total. The molecular weight excluding hydrogens is 1270 g/mol. The lowest BCUT2D eigenvalue weighted by Crippen LogP contribution is -2.30. The van der Waals surface area contributed by atoms with E-state index in [0.717, 1.165) is 108 Å². The number of rotatable bonds is 76. The Hall–Kier alpha value is -1.94. The van der Waals surface area contributed by atoms with Crippen molar-refractivity contribution < 1.29 is 80.2 Å². The predicted molar refractivity (Wildman–Crippen MR) is 395 cm³/mol. The lowest BCUT2D eigenvalue weighted by molar-refractivity contribution is -0.161. The largest absolute Gasteiger partial charge is 0.472 e. The molecule has 0 spiro atoms. The number of unbranched alkanes of at least 4 members (excludes halogenated alkanes) is 43. The number of hydrogen-bond donors (Lipinski definition) is 3. The number of hydrogen-bond acceptors (Lipinski definition) is 15. The molecule has 97 heavy (non-hydrogen) atoms. The van der Waals surface area contributed by atoms with Crippen molar-refractivity contribution in [2.45, 2.75) is 420 Å². The van der Waals surface area contributed by atoms with Gasteiger partial charge in [0.15, 0.2) is 12.2 Å². The van der Waals surface area contributed by atoms with Gasteiger partial charge in [0.25, 0.3) is 0 Å². The number of carbonyl (C=O) groups excluding carboxylic acids is 4. The van der Waals surface area contributed by atoms with Gasteiger partial charge >= 0.3 is 39.5 Å². The smallest absolute Gasteiger partial charge is 0.462 e. The summed E-state index contributed by atoms with van der Waals surface area (Å²) in [6, 6.07) is 0. The average Bonchev–Trinajstić information content (AvgIpc) is 1.25. The maximum absolute atomic E-state index is 13.1. The second-order valence-electron chi connectivity index (χ2n) is 29.3. The number of esters is 4. The molecule has 0 aliphatic carbocycles. The van der Waals surface area contributed by atoms with E-state index in [1.165, 1.54) is 212 Å². The number of aliphatic hydroxyl groups is 1. The molecule has 0 bridgehead atoms. The zero-order valence-corrected chi connectivity index (χ0v) is 65.3. The van der Waals surface area contributed by atoms with Gasteiger partial charge in [0.05, 0.1) is 26.4 Å². The summed E-state index contributed by atoms with van der Waals surface area (Å²) in [5.41, 5.74) is 0. The van der Waals surface area contributed by atoms with E-state index in [0.29, 0.717) is 25.7 Å². The van der Waals surface area contributed by atoms with Crippen molar-refractivity contribution >= 4 is 39.5 Å². The molecule has 17 nitrogen and oxygen atoms in total. The van der Waals surface area contributed by atoms with Gasteiger partial charge in [-0.05, 0) is 43.4 Å². The molecule has 19 heteroatoms. The Bertz CT molecular complexity index is 1890. The van der Waals surface area contributed by atoms with Crippen molar-refractivity contribution in [2.24, 2.45) is 17.8 Å². The number of phosphoric ester groups is 2. The summed E-state index contributed by atoms with van der Waals surface area (Å²) in [7, 11) is -9.92. The van der Waals surface area contributed by atoms with Gasteiger partial charge in [-0.25, -0.2) is 9.13 Å². The Balaban J connectivity index is 5.27. The number of aliphatic hydroxyl groups excluding tert-OH is 1. The van der Waals surface area contributed by atoms with Crippen LogP contribution < -0.4 is 0 Å². The van der Waals surface area contributed by atoms with Crippen molar-refractivity contribution in [2.75, 3.05) is 39.6 Å². The molecule has 0 saturated carbocycles. The predicted octanol–water partition coefficient (Wildman–Crippen LogP) is 23.0. The quantitative estimate of drug-likeness (QED) is 0.0222. The summed E-state index contributed by atoms with van der Waals surface area (Å²) in [4.78, 5) is 72.9. The Kier molecular flexibility index (Phi) is 67.1. The molecule has 0 aromatic rings. The highest BCUT2D eigenvalue weighted by atomic mass is 31.2. The Morgan fingerprint density at radius 2 is 0.526 bits per heavy atom. The van der Waals surface area contributed by atoms with E-state index in [1.54, 1.807) is 0 Å². The molecule has 0 radical (unpaired) electrons. The first-order valence-electron chi connectivity index (χ1n) is 40.4. The van der Waals surface area contributed by atoms with Crippen molar-refractivity contribution in [3.8, 4) is 0 Å². The van der Waals surface area contributed by atoms with Crippen LogP contribution in [0.2, 0.25) is 0 Å². The molecule has 3 unspecified atom stereocenters. The zero-order chi connectivity index (χ0) is 71.6. The summed E-state index contributed by atoms with van der Waals surface area (Å²) in [6.07, 6.45) is 55.4. The van der Waals surface area contributed by atoms with E-state index in [2.05, 4.69) is 48.5 Å². The lowest BCUT2D eigenvalue weighted by Gasteiger charge is -2.21. The van der Waals surface area contributed by atoms with Gasteiger partial charge in [-0.3, -0.25) is 37.3 Å². The minimum Gasteiger partial charge on any atom is -0.462 e. The zero-order valence-electron chi connectivity index (χ0n) is 63.5. The van der Waals surface area contributed by atoms with E-state index < -0.39 is 97.5 Å². The van der Waals surface area contributed by atoms with E-state index in [4.69, 9.17) is 37.0 Å². The second kappa shape index (κ2) is 68.5. The molecule has 576 valence electrons. The lowest BCUT2D eigenvalue weighted by atomic mass is 9.99. The van der Waals surface area contributed by atoms with Gasteiger partial charge in [0.2, 0.25) is 0 Å². The highest BCUT2D eigenvalue weighted by Crippen LogP contribution is 2.45. The fraction of sp³-hybridized carbons (Fsp3) is 0.949. The molecule has 6 atom stereocenters. The molecule has 0 rings (SSSR count). The highest BCUT2D eigenvalue weighted by molar-refractivity contribution is 7.47. The normalized spacial score (nSPS) is 14.3. The van der Waals surface area contributed by atoms with Crippen LogP contribution in [0.1, 0.15) is 402 Å². The first-order valence-corrected chi connectivity index (χ1v) is 43.4. The van der Waals surface area contributed by atoms with E-state index in [-0.39, 0.29) is 25.7 Å². The molecule has 0 heterocycles. The molecule has 0 aromatic heterocycles. The van der Waals surface area contributed by atoms with E-state index >= 15 is 0 Å². The first-order chi connectivity index (χ1) is 46.8. The molecule has 0 saturated heterocycles. The summed E-state index contributed by atoms with van der Waals surface area (Å²) in [5.74, 6) is 0.197. The summed E-state index contributed by atoms with van der Waals surface area (Å²) in [5, 5.41) is 10.6. The van der Waals surface area contributed by atoms with Crippen molar-refractivity contribution in [1.82, 2.24) is 0 Å². The third kappa shape index (κ3) is 70.9. The fourth-order valence-electron chi connectivity index (χ4n) is 11.9. The maximum Gasteiger partial charge on any atom is 0.472 e. The minimum absolute atomic E-state index is 0.106. The van der Waals surface area contributed by atoms with Gasteiger partial charge in [0, 0.05) is 25.7 Å². The Morgan fingerprint density at radius 1 is 0.299 bits per heavy atom. The summed E-state index contributed by atoms with van der Waals surface area (Å²) < 4.78 is 68.6. The van der Waals surface area contributed by atoms with Gasteiger partial charge in [-0.2, -0.15) is 0 Å². The highest BCUT2D eigenvalue weighted by Gasteiger charge is 2.30. The molecule has 0 aliphatic rings. The van der Waals surface area contributed by atoms with Crippen LogP contribution in [-0.4, -0.2) is 96.7 Å². The Labute approximate surface area is 594 Å².